The third kappa shape index (κ3) is 10.2. The molecule has 0 spiro atoms. The van der Waals surface area contributed by atoms with Crippen LogP contribution in [0.25, 0.3) is 0 Å². The van der Waals surface area contributed by atoms with Crippen molar-refractivity contribution in [3.8, 4) is 5.75 Å². The van der Waals surface area contributed by atoms with Gasteiger partial charge in [0.05, 0.1) is 23.5 Å². The highest BCUT2D eigenvalue weighted by Crippen LogP contribution is 2.45. The minimum Gasteiger partial charge on any atom is -0.325 e. The fourth-order valence-corrected chi connectivity index (χ4v) is 4.31. The van der Waals surface area contributed by atoms with Crippen molar-refractivity contribution in [3.05, 3.63) is 137 Å². The van der Waals surface area contributed by atoms with Crippen LogP contribution in [-0.4, -0.2) is 12.9 Å². The van der Waals surface area contributed by atoms with Gasteiger partial charge in [0.25, 0.3) is 0 Å². The van der Waals surface area contributed by atoms with Crippen molar-refractivity contribution >= 4 is 82.9 Å². The van der Waals surface area contributed by atoms with Crippen molar-refractivity contribution < 1.29 is 9.22 Å². The van der Waals surface area contributed by atoms with Crippen LogP contribution in [0.15, 0.2) is 125 Å². The molecule has 1 heterocycles. The van der Waals surface area contributed by atoms with Crippen LogP contribution in [0.4, 0.5) is 0 Å². The van der Waals surface area contributed by atoms with Crippen LogP contribution in [0.3, 0.4) is 0 Å². The van der Waals surface area contributed by atoms with Gasteiger partial charge >= 0.3 is 0 Å². The van der Waals surface area contributed by atoms with Crippen LogP contribution in [-0.2, 0) is 4.33 Å². The van der Waals surface area contributed by atoms with Crippen LogP contribution >= 0.6 is 71.4 Å². The van der Waals surface area contributed by atoms with Gasteiger partial charge in [-0.3, -0.25) is 9.98 Å². The Balaban J connectivity index is 0.000000239. The molecule has 1 aliphatic heterocycles. The molecule has 4 aromatic rings. The maximum Gasteiger partial charge on any atom is 0.209 e. The maximum atomic E-state index is 6.35. The lowest BCUT2D eigenvalue weighted by Gasteiger charge is -2.09. The lowest BCUT2D eigenvalue weighted by molar-refractivity contribution is -0.0775. The van der Waals surface area contributed by atoms with E-state index in [1.54, 1.807) is 12.1 Å². The van der Waals surface area contributed by atoms with Gasteiger partial charge in [-0.15, -0.1) is 4.33 Å². The predicted octanol–water partition coefficient (Wildman–Crippen LogP) is 10.8. The van der Waals surface area contributed by atoms with Gasteiger partial charge in [0.2, 0.25) is 1.47 Å². The first-order valence-electron chi connectivity index (χ1n) is 12.1. The normalized spacial score (nSPS) is 12.8. The van der Waals surface area contributed by atoms with E-state index in [9.17, 15) is 0 Å². The van der Waals surface area contributed by atoms with Crippen molar-refractivity contribution in [2.45, 2.75) is 21.5 Å². The average Bonchev–Trinajstić information content (AvgIpc) is 3.41. The summed E-state index contributed by atoms with van der Waals surface area (Å²) in [5.41, 5.74) is 4.88. The average molecular weight is 754 g/mol. The maximum absolute atomic E-state index is 6.35. The van der Waals surface area contributed by atoms with E-state index in [1.807, 2.05) is 92.7 Å². The zero-order valence-corrected chi connectivity index (χ0v) is 27.5. The number of hydrogen-bond acceptors (Lipinski definition) is 5. The van der Waals surface area contributed by atoms with E-state index in [0.717, 1.165) is 40.2 Å². The number of nitrogens with zero attached hydrogens (tertiary/aromatic N) is 2. The van der Waals surface area contributed by atoms with E-state index in [1.165, 1.54) is 0 Å². The molecule has 39 heavy (non-hydrogen) atoms. The lowest BCUT2D eigenvalue weighted by Crippen LogP contribution is -2.13. The number of hydrogen-bond donors (Lipinski definition) is 0. The number of aliphatic imine (C=N–C) groups is 2. The first kappa shape index (κ1) is 31.6. The standard InChI is InChI=1S/C21H15ClN2.C7H5Br3O2S.C2H6/c22-18-14-8-7-13-17(18)21-23-19(15-9-3-1-4-10-15)20(24-21)16-11-5-2-6-12-16;8-7(9,10)13-12-11-6-4-2-1-3-5-6;1-2/h1-14,21H;1-5H;1-2H3. The quantitative estimate of drug-likeness (QED) is 0.0852. The van der Waals surface area contributed by atoms with Gasteiger partial charge in [0.15, 0.2) is 11.9 Å². The third-order valence-corrected chi connectivity index (χ3v) is 6.87. The second kappa shape index (κ2) is 16.4. The second-order valence-electron chi connectivity index (χ2n) is 7.58. The molecule has 0 saturated heterocycles. The third-order valence-electron chi connectivity index (χ3n) is 5.01. The molecule has 0 aromatic heterocycles. The van der Waals surface area contributed by atoms with Crippen LogP contribution in [0.5, 0.6) is 5.75 Å². The SMILES string of the molecule is BrC(Br)(Br)SOOc1ccccc1.CC.Clc1ccccc1C1N=C(c2ccccc2)C(c2ccccc2)=N1. The summed E-state index contributed by atoms with van der Waals surface area (Å²) in [6, 6.07) is 37.3. The molecular formula is C30H26Br3ClN2O2S. The molecule has 202 valence electrons. The van der Waals surface area contributed by atoms with E-state index in [2.05, 4.69) is 72.1 Å². The van der Waals surface area contributed by atoms with Crippen molar-refractivity contribution in [1.82, 2.24) is 0 Å². The summed E-state index contributed by atoms with van der Waals surface area (Å²) in [5.74, 6) is 0.659. The van der Waals surface area contributed by atoms with Crippen LogP contribution in [0.2, 0.25) is 5.02 Å². The highest BCUT2D eigenvalue weighted by molar-refractivity contribution is 9.42. The Kier molecular flexibility index (Phi) is 13.2. The van der Waals surface area contributed by atoms with Crippen molar-refractivity contribution in [2.75, 3.05) is 0 Å². The Labute approximate surface area is 264 Å². The number of rotatable bonds is 6. The Morgan fingerprint density at radius 1 is 0.667 bits per heavy atom. The van der Waals surface area contributed by atoms with Gasteiger partial charge in [0.1, 0.15) is 0 Å². The van der Waals surface area contributed by atoms with E-state index in [0.29, 0.717) is 10.8 Å². The van der Waals surface area contributed by atoms with Gasteiger partial charge in [-0.2, -0.15) is 0 Å². The molecular weight excluding hydrogens is 728 g/mol. The van der Waals surface area contributed by atoms with Gasteiger partial charge in [-0.05, 0) is 66.0 Å². The zero-order valence-electron chi connectivity index (χ0n) is 21.2. The number of benzene rings is 4. The monoisotopic (exact) mass is 750 g/mol. The molecule has 0 bridgehead atoms. The van der Waals surface area contributed by atoms with Crippen LogP contribution in [0, 0.1) is 0 Å². The number of halogens is 4. The number of alkyl halides is 3. The van der Waals surface area contributed by atoms with E-state index >= 15 is 0 Å². The Morgan fingerprint density at radius 2 is 1.10 bits per heavy atom. The molecule has 4 aromatic carbocycles. The topological polar surface area (TPSA) is 43.2 Å². The van der Waals surface area contributed by atoms with Crippen molar-refractivity contribution in [1.29, 1.82) is 0 Å². The molecule has 0 atom stereocenters. The molecule has 1 aliphatic rings. The Morgan fingerprint density at radius 3 is 1.56 bits per heavy atom. The highest BCUT2D eigenvalue weighted by atomic mass is 80.0. The minimum absolute atomic E-state index is 0.302. The zero-order chi connectivity index (χ0) is 28.1. The van der Waals surface area contributed by atoms with Gasteiger partial charge in [-0.1, -0.05) is 123 Å². The highest BCUT2D eigenvalue weighted by Gasteiger charge is 2.25. The van der Waals surface area contributed by atoms with Crippen molar-refractivity contribution in [2.24, 2.45) is 9.98 Å². The fourth-order valence-electron chi connectivity index (χ4n) is 3.40. The fraction of sp³-hybridized carbons (Fsp3) is 0.133. The Bertz CT molecular complexity index is 1300. The minimum atomic E-state index is -0.512. The first-order valence-corrected chi connectivity index (χ1v) is 15.6. The van der Waals surface area contributed by atoms with Crippen LogP contribution < -0.4 is 4.89 Å². The summed E-state index contributed by atoms with van der Waals surface area (Å²) in [7, 11) is 0. The summed E-state index contributed by atoms with van der Waals surface area (Å²) >= 11 is 17.1. The molecule has 0 N–H and O–H groups in total. The molecule has 4 nitrogen and oxygen atoms in total. The molecule has 0 aliphatic carbocycles. The van der Waals surface area contributed by atoms with E-state index in [-0.39, 0.29) is 6.17 Å². The van der Waals surface area contributed by atoms with Crippen LogP contribution in [0.1, 0.15) is 36.7 Å². The van der Waals surface area contributed by atoms with Crippen molar-refractivity contribution in [3.63, 3.8) is 0 Å². The van der Waals surface area contributed by atoms with E-state index < -0.39 is 1.47 Å². The second-order valence-corrected chi connectivity index (χ2v) is 17.2. The molecule has 5 rings (SSSR count). The molecule has 0 unspecified atom stereocenters. The van der Waals surface area contributed by atoms with Gasteiger partial charge in [-0.25, -0.2) is 0 Å². The summed E-state index contributed by atoms with van der Waals surface area (Å²) in [5, 5.41) is 0.691. The lowest BCUT2D eigenvalue weighted by atomic mass is 10.0. The predicted molar refractivity (Wildman–Crippen MR) is 177 cm³/mol. The molecule has 0 radical (unpaired) electrons. The summed E-state index contributed by atoms with van der Waals surface area (Å²) in [4.78, 5) is 14.7. The van der Waals surface area contributed by atoms with Gasteiger partial charge < -0.3 is 4.89 Å². The summed E-state index contributed by atoms with van der Waals surface area (Å²) in [6.45, 7) is 4.00. The molecule has 0 amide bonds. The largest absolute Gasteiger partial charge is 0.325 e. The smallest absolute Gasteiger partial charge is 0.209 e. The molecule has 0 fully saturated rings. The summed E-state index contributed by atoms with van der Waals surface area (Å²) < 4.78 is 4.35. The Hall–Kier alpha value is -1.94. The molecule has 9 heteroatoms. The summed E-state index contributed by atoms with van der Waals surface area (Å²) in [6.07, 6.45) is -0.302. The van der Waals surface area contributed by atoms with Gasteiger partial charge in [0, 0.05) is 21.7 Å². The first-order chi connectivity index (χ1) is 18.9. The molecule has 0 saturated carbocycles. The number of para-hydroxylation sites is 1. The van der Waals surface area contributed by atoms with E-state index in [4.69, 9.17) is 30.8 Å².